The highest BCUT2D eigenvalue weighted by Gasteiger charge is 2.23. The fraction of sp³-hybridized carbons (Fsp3) is 0.250. The van der Waals surface area contributed by atoms with E-state index in [2.05, 4.69) is 0 Å². The van der Waals surface area contributed by atoms with Gasteiger partial charge in [-0.3, -0.25) is 4.72 Å². The van der Waals surface area contributed by atoms with Crippen molar-refractivity contribution in [1.29, 1.82) is 0 Å². The van der Waals surface area contributed by atoms with Crippen LogP contribution >= 0.6 is 0 Å². The fourth-order valence-electron chi connectivity index (χ4n) is 2.28. The second-order valence-corrected chi connectivity index (χ2v) is 8.91. The van der Waals surface area contributed by atoms with Crippen LogP contribution in [0.25, 0.3) is 0 Å². The van der Waals surface area contributed by atoms with Crippen LogP contribution in [-0.4, -0.2) is 34.2 Å². The average molecular weight is 404 g/mol. The SMILES string of the molecule is CCN(CC)S(=O)(=O)c1ccc(S(=O)(=O)Nc2cc(F)ccc2F)cc1. The first kappa shape index (κ1) is 20.3. The Morgan fingerprint density at radius 1 is 0.885 bits per heavy atom. The van der Waals surface area contributed by atoms with Gasteiger partial charge >= 0.3 is 0 Å². The third kappa shape index (κ3) is 4.19. The Morgan fingerprint density at radius 3 is 1.96 bits per heavy atom. The Morgan fingerprint density at radius 2 is 1.42 bits per heavy atom. The first-order valence-corrected chi connectivity index (χ1v) is 10.6. The molecule has 2 aromatic carbocycles. The van der Waals surface area contributed by atoms with E-state index in [4.69, 9.17) is 0 Å². The van der Waals surface area contributed by atoms with Crippen molar-refractivity contribution < 1.29 is 25.6 Å². The normalized spacial score (nSPS) is 12.3. The fourth-order valence-corrected chi connectivity index (χ4v) is 4.80. The largest absolute Gasteiger partial charge is 0.277 e. The van der Waals surface area contributed by atoms with E-state index in [0.717, 1.165) is 36.4 Å². The van der Waals surface area contributed by atoms with Gasteiger partial charge in [-0.15, -0.1) is 0 Å². The van der Waals surface area contributed by atoms with Crippen LogP contribution in [0.5, 0.6) is 0 Å². The number of sulfonamides is 2. The van der Waals surface area contributed by atoms with Gasteiger partial charge in [0.25, 0.3) is 10.0 Å². The lowest BCUT2D eigenvalue weighted by molar-refractivity contribution is 0.445. The lowest BCUT2D eigenvalue weighted by Crippen LogP contribution is -2.30. The molecule has 0 spiro atoms. The zero-order chi connectivity index (χ0) is 19.5. The van der Waals surface area contributed by atoms with Gasteiger partial charge in [0.15, 0.2) is 0 Å². The van der Waals surface area contributed by atoms with E-state index < -0.39 is 37.4 Å². The molecule has 0 saturated carbocycles. The summed E-state index contributed by atoms with van der Waals surface area (Å²) in [5.74, 6) is -1.74. The Labute approximate surface area is 151 Å². The summed E-state index contributed by atoms with van der Waals surface area (Å²) < 4.78 is 79.4. The number of nitrogens with one attached hydrogen (secondary N) is 1. The maximum Gasteiger partial charge on any atom is 0.261 e. The molecule has 0 saturated heterocycles. The summed E-state index contributed by atoms with van der Waals surface area (Å²) in [6.45, 7) is 3.94. The van der Waals surface area contributed by atoms with Crippen molar-refractivity contribution in [2.45, 2.75) is 23.6 Å². The molecular weight excluding hydrogens is 386 g/mol. The molecule has 0 aromatic heterocycles. The zero-order valence-corrected chi connectivity index (χ0v) is 15.7. The maximum absolute atomic E-state index is 13.6. The quantitative estimate of drug-likeness (QED) is 0.769. The lowest BCUT2D eigenvalue weighted by Gasteiger charge is -2.18. The van der Waals surface area contributed by atoms with Gasteiger partial charge in [0.1, 0.15) is 11.6 Å². The minimum absolute atomic E-state index is 0.0583. The van der Waals surface area contributed by atoms with E-state index in [-0.39, 0.29) is 22.9 Å². The molecule has 6 nitrogen and oxygen atoms in total. The molecule has 0 heterocycles. The molecule has 0 unspecified atom stereocenters. The van der Waals surface area contributed by atoms with Crippen molar-refractivity contribution in [3.05, 3.63) is 54.1 Å². The van der Waals surface area contributed by atoms with E-state index >= 15 is 0 Å². The van der Waals surface area contributed by atoms with Crippen molar-refractivity contribution in [3.63, 3.8) is 0 Å². The molecule has 0 fully saturated rings. The van der Waals surface area contributed by atoms with Crippen LogP contribution in [0, 0.1) is 11.6 Å². The molecule has 10 heteroatoms. The van der Waals surface area contributed by atoms with Crippen LogP contribution < -0.4 is 4.72 Å². The number of rotatable bonds is 7. The van der Waals surface area contributed by atoms with Gasteiger partial charge in [-0.2, -0.15) is 4.31 Å². The number of nitrogens with zero attached hydrogens (tertiary/aromatic N) is 1. The predicted molar refractivity (Wildman–Crippen MR) is 93.7 cm³/mol. The van der Waals surface area contributed by atoms with Crippen LogP contribution in [0.1, 0.15) is 13.8 Å². The molecule has 1 N–H and O–H groups in total. The van der Waals surface area contributed by atoms with E-state index in [1.54, 1.807) is 13.8 Å². The number of hydrogen-bond donors (Lipinski definition) is 1. The monoisotopic (exact) mass is 404 g/mol. The standard InChI is InChI=1S/C16H18F2N2O4S2/c1-3-20(4-2)26(23,24)14-8-6-13(7-9-14)25(21,22)19-16-11-12(17)5-10-15(16)18/h5-11,19H,3-4H2,1-2H3. The van der Waals surface area contributed by atoms with Gasteiger partial charge in [-0.25, -0.2) is 25.6 Å². The van der Waals surface area contributed by atoms with Crippen LogP contribution in [0.2, 0.25) is 0 Å². The number of halogens is 2. The molecule has 0 radical (unpaired) electrons. The minimum atomic E-state index is -4.21. The summed E-state index contributed by atoms with van der Waals surface area (Å²) in [5, 5.41) is 0. The molecule has 0 aliphatic rings. The van der Waals surface area contributed by atoms with Crippen LogP contribution in [0.4, 0.5) is 14.5 Å². The van der Waals surface area contributed by atoms with Crippen molar-refractivity contribution in [2.24, 2.45) is 0 Å². The first-order chi connectivity index (χ1) is 12.1. The molecule has 2 aromatic rings. The molecule has 26 heavy (non-hydrogen) atoms. The second kappa shape index (κ2) is 7.68. The highest BCUT2D eigenvalue weighted by molar-refractivity contribution is 7.92. The molecule has 142 valence electrons. The summed E-state index contributed by atoms with van der Waals surface area (Å²) in [4.78, 5) is -0.336. The van der Waals surface area contributed by atoms with Crippen molar-refractivity contribution in [3.8, 4) is 0 Å². The predicted octanol–water partition coefficient (Wildman–Crippen LogP) is 2.80. The minimum Gasteiger partial charge on any atom is -0.277 e. The topological polar surface area (TPSA) is 83.6 Å². The van der Waals surface area contributed by atoms with E-state index in [1.807, 2.05) is 4.72 Å². The first-order valence-electron chi connectivity index (χ1n) is 7.70. The maximum atomic E-state index is 13.6. The van der Waals surface area contributed by atoms with Crippen molar-refractivity contribution in [2.75, 3.05) is 17.8 Å². The van der Waals surface area contributed by atoms with Crippen LogP contribution in [-0.2, 0) is 20.0 Å². The number of hydrogen-bond acceptors (Lipinski definition) is 4. The molecule has 2 rings (SSSR count). The van der Waals surface area contributed by atoms with Crippen molar-refractivity contribution in [1.82, 2.24) is 4.31 Å². The molecule has 0 amide bonds. The Bertz CT molecular complexity index is 987. The molecular formula is C16H18F2N2O4S2. The summed E-state index contributed by atoms with van der Waals surface area (Å²) in [7, 11) is -7.94. The zero-order valence-electron chi connectivity index (χ0n) is 14.1. The number of anilines is 1. The van der Waals surface area contributed by atoms with Gasteiger partial charge < -0.3 is 0 Å². The summed E-state index contributed by atoms with van der Waals surface area (Å²) in [6, 6.07) is 6.87. The third-order valence-electron chi connectivity index (χ3n) is 3.65. The molecule has 0 atom stereocenters. The van der Waals surface area contributed by atoms with Gasteiger partial charge in [0, 0.05) is 19.2 Å². The third-order valence-corrected chi connectivity index (χ3v) is 7.10. The molecule has 0 aliphatic heterocycles. The Kier molecular flexibility index (Phi) is 5.99. The van der Waals surface area contributed by atoms with Gasteiger partial charge in [0.05, 0.1) is 15.5 Å². The highest BCUT2D eigenvalue weighted by atomic mass is 32.2. The summed E-state index contributed by atoms with van der Waals surface area (Å²) in [5.41, 5.74) is -0.537. The molecule has 0 aliphatic carbocycles. The van der Waals surface area contributed by atoms with Gasteiger partial charge in [-0.05, 0) is 36.4 Å². The van der Waals surface area contributed by atoms with Crippen molar-refractivity contribution >= 4 is 25.7 Å². The van der Waals surface area contributed by atoms with Crippen LogP contribution in [0.3, 0.4) is 0 Å². The van der Waals surface area contributed by atoms with E-state index in [0.29, 0.717) is 6.07 Å². The number of benzene rings is 2. The average Bonchev–Trinajstić information content (AvgIpc) is 2.59. The van der Waals surface area contributed by atoms with Gasteiger partial charge in [0.2, 0.25) is 10.0 Å². The second-order valence-electron chi connectivity index (χ2n) is 5.29. The summed E-state index contributed by atoms with van der Waals surface area (Å²) >= 11 is 0. The molecule has 0 bridgehead atoms. The Hall–Kier alpha value is -2.04. The Balaban J connectivity index is 2.33. The summed E-state index contributed by atoms with van der Waals surface area (Å²) in [6.07, 6.45) is 0. The van der Waals surface area contributed by atoms with E-state index in [1.165, 1.54) is 4.31 Å². The van der Waals surface area contributed by atoms with Gasteiger partial charge in [-0.1, -0.05) is 13.8 Å². The lowest BCUT2D eigenvalue weighted by atomic mass is 10.3. The van der Waals surface area contributed by atoms with E-state index in [9.17, 15) is 25.6 Å². The van der Waals surface area contributed by atoms with Crippen LogP contribution in [0.15, 0.2) is 52.3 Å². The smallest absolute Gasteiger partial charge is 0.261 e. The highest BCUT2D eigenvalue weighted by Crippen LogP contribution is 2.22.